The van der Waals surface area contributed by atoms with Crippen molar-refractivity contribution in [3.05, 3.63) is 64.3 Å². The van der Waals surface area contributed by atoms with E-state index in [0.717, 1.165) is 49.9 Å². The number of carbonyl (C=O) groups excluding carboxylic acids is 1. The number of hydrogen-bond donors (Lipinski definition) is 1. The number of anilines is 1. The van der Waals surface area contributed by atoms with Crippen LogP contribution in [0.1, 0.15) is 10.4 Å². The molecule has 1 aliphatic heterocycles. The highest BCUT2D eigenvalue weighted by molar-refractivity contribution is 6.42. The van der Waals surface area contributed by atoms with Crippen molar-refractivity contribution in [3.8, 4) is 17.0 Å². The van der Waals surface area contributed by atoms with E-state index in [-0.39, 0.29) is 5.91 Å². The number of halogens is 2. The summed E-state index contributed by atoms with van der Waals surface area (Å²) >= 11 is 12.0. The molecule has 4 rings (SSSR count). The first-order chi connectivity index (χ1) is 15.5. The Balaban J connectivity index is 1.52. The van der Waals surface area contributed by atoms with Crippen LogP contribution in [0.5, 0.6) is 5.75 Å². The van der Waals surface area contributed by atoms with Gasteiger partial charge in [0.1, 0.15) is 12.4 Å². The van der Waals surface area contributed by atoms with E-state index in [9.17, 15) is 4.79 Å². The number of benzene rings is 2. The highest BCUT2D eigenvalue weighted by Gasteiger charge is 2.15. The van der Waals surface area contributed by atoms with Gasteiger partial charge in [0, 0.05) is 49.7 Å². The molecule has 1 aromatic heterocycles. The van der Waals surface area contributed by atoms with E-state index in [0.29, 0.717) is 27.9 Å². The smallest absolute Gasteiger partial charge is 0.255 e. The minimum absolute atomic E-state index is 0.277. The number of ether oxygens (including phenoxy) is 2. The molecule has 2 aromatic carbocycles. The van der Waals surface area contributed by atoms with Gasteiger partial charge in [-0.1, -0.05) is 23.2 Å². The molecule has 0 unspecified atom stereocenters. The SMILES string of the molecule is Cn1nccc1-c1cc(NC(=O)c2ccc(Cl)c(Cl)c2)ccc1OCCN1CCOCC1. The molecule has 0 atom stereocenters. The summed E-state index contributed by atoms with van der Waals surface area (Å²) in [6.45, 7) is 4.72. The normalized spacial score (nSPS) is 14.3. The molecule has 9 heteroatoms. The number of morpholine rings is 1. The van der Waals surface area contributed by atoms with Crippen LogP contribution in [0.2, 0.25) is 10.0 Å². The number of amides is 1. The second kappa shape index (κ2) is 10.4. The summed E-state index contributed by atoms with van der Waals surface area (Å²) in [5, 5.41) is 7.92. The predicted octanol–water partition coefficient (Wildman–Crippen LogP) is 4.36. The van der Waals surface area contributed by atoms with E-state index < -0.39 is 0 Å². The van der Waals surface area contributed by atoms with Crippen LogP contribution in [0, 0.1) is 0 Å². The average Bonchev–Trinajstić information content (AvgIpc) is 3.23. The van der Waals surface area contributed by atoms with E-state index in [2.05, 4.69) is 15.3 Å². The first kappa shape index (κ1) is 22.6. The Morgan fingerprint density at radius 1 is 1.12 bits per heavy atom. The average molecular weight is 475 g/mol. The summed E-state index contributed by atoms with van der Waals surface area (Å²) in [6, 6.07) is 12.3. The van der Waals surface area contributed by atoms with Gasteiger partial charge in [0.15, 0.2) is 0 Å². The molecule has 0 bridgehead atoms. The molecule has 2 heterocycles. The Bertz CT molecular complexity index is 1100. The van der Waals surface area contributed by atoms with E-state index in [4.69, 9.17) is 32.7 Å². The number of hydrogen-bond acceptors (Lipinski definition) is 5. The van der Waals surface area contributed by atoms with Crippen molar-refractivity contribution in [2.45, 2.75) is 0 Å². The first-order valence-electron chi connectivity index (χ1n) is 10.3. The zero-order valence-corrected chi connectivity index (χ0v) is 19.2. The summed E-state index contributed by atoms with van der Waals surface area (Å²) < 4.78 is 13.3. The number of aryl methyl sites for hydroxylation is 1. The van der Waals surface area contributed by atoms with Gasteiger partial charge in [-0.15, -0.1) is 0 Å². The highest BCUT2D eigenvalue weighted by Crippen LogP contribution is 2.33. The Labute approximate surface area is 196 Å². The van der Waals surface area contributed by atoms with Gasteiger partial charge in [-0.2, -0.15) is 5.10 Å². The molecule has 0 spiro atoms. The van der Waals surface area contributed by atoms with Crippen molar-refractivity contribution in [1.29, 1.82) is 0 Å². The first-order valence-corrected chi connectivity index (χ1v) is 11.1. The lowest BCUT2D eigenvalue weighted by Crippen LogP contribution is -2.38. The minimum atomic E-state index is -0.277. The topological polar surface area (TPSA) is 68.6 Å². The molecule has 0 aliphatic carbocycles. The third kappa shape index (κ3) is 5.42. The van der Waals surface area contributed by atoms with Crippen LogP contribution in [-0.2, 0) is 11.8 Å². The zero-order valence-electron chi connectivity index (χ0n) is 17.7. The third-order valence-electron chi connectivity index (χ3n) is 5.28. The maximum absolute atomic E-state index is 12.7. The fourth-order valence-electron chi connectivity index (χ4n) is 3.52. The zero-order chi connectivity index (χ0) is 22.5. The van der Waals surface area contributed by atoms with Crippen molar-refractivity contribution in [3.63, 3.8) is 0 Å². The fraction of sp³-hybridized carbons (Fsp3) is 0.304. The monoisotopic (exact) mass is 474 g/mol. The largest absolute Gasteiger partial charge is 0.492 e. The van der Waals surface area contributed by atoms with Gasteiger partial charge in [-0.25, -0.2) is 0 Å². The minimum Gasteiger partial charge on any atom is -0.492 e. The molecule has 7 nitrogen and oxygen atoms in total. The molecule has 1 N–H and O–H groups in total. The van der Waals surface area contributed by atoms with E-state index >= 15 is 0 Å². The maximum Gasteiger partial charge on any atom is 0.255 e. The summed E-state index contributed by atoms with van der Waals surface area (Å²) in [5.41, 5.74) is 2.79. The second-order valence-corrected chi connectivity index (χ2v) is 8.25. The van der Waals surface area contributed by atoms with Gasteiger partial charge in [-0.3, -0.25) is 14.4 Å². The number of aromatic nitrogens is 2. The van der Waals surface area contributed by atoms with Crippen molar-refractivity contribution in [1.82, 2.24) is 14.7 Å². The molecular formula is C23H24Cl2N4O3. The van der Waals surface area contributed by atoms with E-state index in [1.54, 1.807) is 29.1 Å². The number of nitrogens with zero attached hydrogens (tertiary/aromatic N) is 3. The van der Waals surface area contributed by atoms with Crippen molar-refractivity contribution in [2.24, 2.45) is 7.05 Å². The number of carbonyl (C=O) groups is 1. The molecule has 1 amide bonds. The quantitative estimate of drug-likeness (QED) is 0.550. The van der Waals surface area contributed by atoms with Crippen molar-refractivity contribution < 1.29 is 14.3 Å². The summed E-state index contributed by atoms with van der Waals surface area (Å²) in [4.78, 5) is 15.0. The highest BCUT2D eigenvalue weighted by atomic mass is 35.5. The van der Waals surface area contributed by atoms with Crippen LogP contribution >= 0.6 is 23.2 Å². The Morgan fingerprint density at radius 3 is 2.66 bits per heavy atom. The van der Waals surface area contributed by atoms with Crippen molar-refractivity contribution >= 4 is 34.8 Å². The molecule has 1 fully saturated rings. The molecule has 168 valence electrons. The maximum atomic E-state index is 12.7. The fourth-order valence-corrected chi connectivity index (χ4v) is 3.82. The van der Waals surface area contributed by atoms with Crippen LogP contribution in [0.3, 0.4) is 0 Å². The standard InChI is InChI=1S/C23H24Cl2N4O3/c1-28-21(6-7-26-28)18-15-17(27-23(30)16-2-4-19(24)20(25)14-16)3-5-22(18)32-13-10-29-8-11-31-12-9-29/h2-7,14-15H,8-13H2,1H3,(H,27,30). The lowest BCUT2D eigenvalue weighted by Gasteiger charge is -2.26. The van der Waals surface area contributed by atoms with Gasteiger partial charge in [-0.05, 0) is 42.5 Å². The van der Waals surface area contributed by atoms with Gasteiger partial charge >= 0.3 is 0 Å². The molecule has 1 saturated heterocycles. The van der Waals surface area contributed by atoms with Crippen LogP contribution in [0.4, 0.5) is 5.69 Å². The van der Waals surface area contributed by atoms with Gasteiger partial charge in [0.25, 0.3) is 5.91 Å². The molecule has 3 aromatic rings. The molecular weight excluding hydrogens is 451 g/mol. The summed E-state index contributed by atoms with van der Waals surface area (Å²) in [5.74, 6) is 0.454. The summed E-state index contributed by atoms with van der Waals surface area (Å²) in [7, 11) is 1.87. The molecule has 0 radical (unpaired) electrons. The third-order valence-corrected chi connectivity index (χ3v) is 6.02. The van der Waals surface area contributed by atoms with Gasteiger partial charge in [0.2, 0.25) is 0 Å². The number of nitrogens with one attached hydrogen (secondary N) is 1. The lowest BCUT2D eigenvalue weighted by molar-refractivity contribution is 0.0323. The Morgan fingerprint density at radius 2 is 1.94 bits per heavy atom. The van der Waals surface area contributed by atoms with Gasteiger partial charge < -0.3 is 14.8 Å². The van der Waals surface area contributed by atoms with Gasteiger partial charge in [0.05, 0.1) is 29.0 Å². The summed E-state index contributed by atoms with van der Waals surface area (Å²) in [6.07, 6.45) is 1.73. The van der Waals surface area contributed by atoms with Crippen molar-refractivity contribution in [2.75, 3.05) is 44.8 Å². The molecule has 0 saturated carbocycles. The predicted molar refractivity (Wildman–Crippen MR) is 126 cm³/mol. The van der Waals surface area contributed by atoms with Crippen LogP contribution in [0.25, 0.3) is 11.3 Å². The van der Waals surface area contributed by atoms with Crippen LogP contribution in [-0.4, -0.2) is 60.0 Å². The van der Waals surface area contributed by atoms with E-state index in [1.807, 2.05) is 31.3 Å². The second-order valence-electron chi connectivity index (χ2n) is 7.44. The Kier molecular flexibility index (Phi) is 7.32. The molecule has 1 aliphatic rings. The van der Waals surface area contributed by atoms with Crippen LogP contribution in [0.15, 0.2) is 48.7 Å². The lowest BCUT2D eigenvalue weighted by atomic mass is 10.1. The number of rotatable bonds is 7. The van der Waals surface area contributed by atoms with Crippen LogP contribution < -0.4 is 10.1 Å². The molecule has 32 heavy (non-hydrogen) atoms. The Hall–Kier alpha value is -2.58. The van der Waals surface area contributed by atoms with E-state index in [1.165, 1.54) is 0 Å².